The smallest absolute Gasteiger partial charge is 0.202 e. The third-order valence-corrected chi connectivity index (χ3v) is 5.42. The molecule has 0 saturated carbocycles. The highest BCUT2D eigenvalue weighted by molar-refractivity contribution is 7.91. The topological polar surface area (TPSA) is 95.8 Å². The van der Waals surface area contributed by atoms with Gasteiger partial charge in [-0.15, -0.1) is 0 Å². The second-order valence-electron chi connectivity index (χ2n) is 4.99. The molecule has 2 aromatic rings. The van der Waals surface area contributed by atoms with Crippen molar-refractivity contribution in [3.63, 3.8) is 0 Å². The monoisotopic (exact) mass is 283 g/mol. The highest BCUT2D eigenvalue weighted by atomic mass is 32.2. The Bertz CT molecular complexity index is 743. The fraction of sp³-hybridized carbons (Fsp3) is 0.636. The molecule has 0 amide bonds. The number of aryl methyl sites for hydroxylation is 2. The number of nitrogens with two attached hydrogens (primary N) is 1. The summed E-state index contributed by atoms with van der Waals surface area (Å²) in [5.41, 5.74) is 8.47. The number of hydrogen-bond donors (Lipinski definition) is 1. The van der Waals surface area contributed by atoms with Crippen LogP contribution >= 0.6 is 0 Å². The maximum Gasteiger partial charge on any atom is 0.202 e. The van der Waals surface area contributed by atoms with Crippen LogP contribution in [0.5, 0.6) is 0 Å². The Morgan fingerprint density at radius 3 is 2.79 bits per heavy atom. The SMILES string of the molecule is CCc1nn(C)c2c1nc(N)n2C1CCS(=O)(=O)C1. The minimum atomic E-state index is -2.95. The zero-order chi connectivity index (χ0) is 13.8. The molecule has 1 unspecified atom stereocenters. The molecule has 3 heterocycles. The number of rotatable bonds is 2. The number of imidazole rings is 1. The predicted molar refractivity (Wildman–Crippen MR) is 72.6 cm³/mol. The normalized spacial score (nSPS) is 22.3. The summed E-state index contributed by atoms with van der Waals surface area (Å²) in [7, 11) is -1.12. The molecule has 3 rings (SSSR count). The first-order valence-corrected chi connectivity index (χ1v) is 8.14. The van der Waals surface area contributed by atoms with Crippen LogP contribution in [0.15, 0.2) is 0 Å². The molecule has 1 aliphatic rings. The second kappa shape index (κ2) is 3.96. The summed E-state index contributed by atoms with van der Waals surface area (Å²) in [5, 5.41) is 4.41. The summed E-state index contributed by atoms with van der Waals surface area (Å²) in [6.07, 6.45) is 1.36. The molecule has 1 saturated heterocycles. The lowest BCUT2D eigenvalue weighted by atomic mass is 10.2. The van der Waals surface area contributed by atoms with E-state index >= 15 is 0 Å². The van der Waals surface area contributed by atoms with Crippen LogP contribution in [0, 0.1) is 0 Å². The summed E-state index contributed by atoms with van der Waals surface area (Å²) in [5.74, 6) is 0.727. The van der Waals surface area contributed by atoms with Gasteiger partial charge in [0.05, 0.1) is 23.2 Å². The standard InChI is InChI=1S/C11H17N5O2S/c1-3-8-9-10(15(2)14-8)16(11(12)13-9)7-4-5-19(17,18)6-7/h7H,3-6H2,1-2H3,(H2,12,13). The van der Waals surface area contributed by atoms with Gasteiger partial charge in [-0.2, -0.15) is 5.10 Å². The maximum atomic E-state index is 11.6. The predicted octanol–water partition coefficient (Wildman–Crippen LogP) is 0.274. The minimum absolute atomic E-state index is 0.130. The van der Waals surface area contributed by atoms with Crippen LogP contribution in [-0.4, -0.2) is 39.3 Å². The molecule has 1 aliphatic heterocycles. The van der Waals surface area contributed by atoms with Crippen molar-refractivity contribution in [2.24, 2.45) is 7.05 Å². The summed E-state index contributed by atoms with van der Waals surface area (Å²) >= 11 is 0. The van der Waals surface area contributed by atoms with Gasteiger partial charge in [-0.05, 0) is 12.8 Å². The Morgan fingerprint density at radius 2 is 2.21 bits per heavy atom. The van der Waals surface area contributed by atoms with Gasteiger partial charge in [0, 0.05) is 7.05 Å². The van der Waals surface area contributed by atoms with Gasteiger partial charge in [-0.3, -0.25) is 9.25 Å². The molecule has 2 N–H and O–H groups in total. The van der Waals surface area contributed by atoms with Crippen molar-refractivity contribution in [2.45, 2.75) is 25.8 Å². The van der Waals surface area contributed by atoms with Crippen molar-refractivity contribution in [3.05, 3.63) is 5.69 Å². The van der Waals surface area contributed by atoms with Gasteiger partial charge in [0.15, 0.2) is 15.5 Å². The van der Waals surface area contributed by atoms with Gasteiger partial charge < -0.3 is 5.73 Å². The lowest BCUT2D eigenvalue weighted by Gasteiger charge is -2.12. The number of hydrogen-bond acceptors (Lipinski definition) is 5. The average Bonchev–Trinajstić information content (AvgIpc) is 2.93. The van der Waals surface area contributed by atoms with E-state index in [9.17, 15) is 8.42 Å². The number of nitrogens with zero attached hydrogens (tertiary/aromatic N) is 4. The van der Waals surface area contributed by atoms with Crippen LogP contribution in [0.3, 0.4) is 0 Å². The van der Waals surface area contributed by atoms with E-state index in [2.05, 4.69) is 10.1 Å². The first-order valence-electron chi connectivity index (χ1n) is 6.32. The van der Waals surface area contributed by atoms with Crippen LogP contribution in [0.2, 0.25) is 0 Å². The zero-order valence-electron chi connectivity index (χ0n) is 11.0. The lowest BCUT2D eigenvalue weighted by Crippen LogP contribution is -2.15. The molecular formula is C11H17N5O2S. The third kappa shape index (κ3) is 1.81. The summed E-state index contributed by atoms with van der Waals surface area (Å²) in [6.45, 7) is 2.01. The van der Waals surface area contributed by atoms with Gasteiger partial charge >= 0.3 is 0 Å². The van der Waals surface area contributed by atoms with E-state index in [1.54, 1.807) is 4.68 Å². The average molecular weight is 283 g/mol. The fourth-order valence-corrected chi connectivity index (χ4v) is 4.50. The molecule has 8 heteroatoms. The molecule has 7 nitrogen and oxygen atoms in total. The molecule has 1 atom stereocenters. The van der Waals surface area contributed by atoms with Crippen molar-refractivity contribution in [1.29, 1.82) is 0 Å². The molecule has 0 aliphatic carbocycles. The maximum absolute atomic E-state index is 11.6. The molecule has 104 valence electrons. The number of fused-ring (bicyclic) bond motifs is 1. The van der Waals surface area contributed by atoms with E-state index in [1.807, 2.05) is 18.5 Å². The quantitative estimate of drug-likeness (QED) is 0.853. The van der Waals surface area contributed by atoms with Gasteiger partial charge in [-0.25, -0.2) is 13.4 Å². The Balaban J connectivity index is 2.19. The largest absolute Gasteiger partial charge is 0.369 e. The van der Waals surface area contributed by atoms with Crippen molar-refractivity contribution in [3.8, 4) is 0 Å². The molecule has 0 radical (unpaired) electrons. The van der Waals surface area contributed by atoms with Gasteiger partial charge in [-0.1, -0.05) is 6.92 Å². The number of aromatic nitrogens is 4. The van der Waals surface area contributed by atoms with Crippen molar-refractivity contribution in [1.82, 2.24) is 19.3 Å². The van der Waals surface area contributed by atoms with E-state index in [4.69, 9.17) is 5.73 Å². The zero-order valence-corrected chi connectivity index (χ0v) is 11.8. The number of anilines is 1. The van der Waals surface area contributed by atoms with Gasteiger partial charge in [0.25, 0.3) is 0 Å². The third-order valence-electron chi connectivity index (χ3n) is 3.67. The van der Waals surface area contributed by atoms with Crippen LogP contribution < -0.4 is 5.73 Å². The number of sulfone groups is 1. The van der Waals surface area contributed by atoms with Crippen LogP contribution in [-0.2, 0) is 23.3 Å². The van der Waals surface area contributed by atoms with Crippen molar-refractivity contribution in [2.75, 3.05) is 17.2 Å². The van der Waals surface area contributed by atoms with Crippen LogP contribution in [0.4, 0.5) is 5.95 Å². The van der Waals surface area contributed by atoms with E-state index in [1.165, 1.54) is 0 Å². The van der Waals surface area contributed by atoms with Crippen molar-refractivity contribution >= 4 is 26.9 Å². The van der Waals surface area contributed by atoms with E-state index in [0.717, 1.165) is 23.3 Å². The lowest BCUT2D eigenvalue weighted by molar-refractivity contribution is 0.561. The molecule has 0 bridgehead atoms. The van der Waals surface area contributed by atoms with Crippen LogP contribution in [0.25, 0.3) is 11.2 Å². The van der Waals surface area contributed by atoms with Crippen LogP contribution in [0.1, 0.15) is 25.1 Å². The van der Waals surface area contributed by atoms with E-state index in [-0.39, 0.29) is 17.5 Å². The summed E-state index contributed by atoms with van der Waals surface area (Å²) in [4.78, 5) is 4.36. The fourth-order valence-electron chi connectivity index (χ4n) is 2.80. The molecule has 1 fully saturated rings. The van der Waals surface area contributed by atoms with Gasteiger partial charge in [0.1, 0.15) is 5.52 Å². The summed E-state index contributed by atoms with van der Waals surface area (Å²) < 4.78 is 26.8. The highest BCUT2D eigenvalue weighted by Gasteiger charge is 2.32. The Morgan fingerprint density at radius 1 is 1.47 bits per heavy atom. The van der Waals surface area contributed by atoms with E-state index in [0.29, 0.717) is 12.4 Å². The first-order chi connectivity index (χ1) is 8.93. The molecule has 19 heavy (non-hydrogen) atoms. The summed E-state index contributed by atoms with van der Waals surface area (Å²) in [6, 6.07) is -0.130. The first kappa shape index (κ1) is 12.5. The minimum Gasteiger partial charge on any atom is -0.369 e. The van der Waals surface area contributed by atoms with Gasteiger partial charge in [0.2, 0.25) is 5.95 Å². The number of nitrogen functional groups attached to an aromatic ring is 1. The second-order valence-corrected chi connectivity index (χ2v) is 7.22. The van der Waals surface area contributed by atoms with Crippen molar-refractivity contribution < 1.29 is 8.42 Å². The Labute approximate surface area is 111 Å². The molecule has 0 aromatic carbocycles. The van der Waals surface area contributed by atoms with E-state index < -0.39 is 9.84 Å². The highest BCUT2D eigenvalue weighted by Crippen LogP contribution is 2.31. The molecular weight excluding hydrogens is 266 g/mol. The Hall–Kier alpha value is -1.57. The molecule has 0 spiro atoms. The molecule has 2 aromatic heterocycles. The Kier molecular flexibility index (Phi) is 2.60.